The number of rotatable bonds is 2. The van der Waals surface area contributed by atoms with Crippen LogP contribution in [0.15, 0.2) is 15.9 Å². The number of H-pyrrole nitrogens is 1. The van der Waals surface area contributed by atoms with Crippen LogP contribution in [0.3, 0.4) is 0 Å². The van der Waals surface area contributed by atoms with Gasteiger partial charge in [0.05, 0.1) is 6.61 Å². The Morgan fingerprint density at radius 1 is 1.32 bits per heavy atom. The Hall–Kier alpha value is -2.34. The van der Waals surface area contributed by atoms with Gasteiger partial charge in [-0.25, -0.2) is 19.3 Å². The van der Waals surface area contributed by atoms with Gasteiger partial charge in [-0.2, -0.15) is 0 Å². The van der Waals surface area contributed by atoms with Crippen LogP contribution in [0.4, 0.5) is 5.82 Å². The Balaban J connectivity index is 2.26. The Morgan fingerprint density at radius 2 is 2.05 bits per heavy atom. The van der Waals surface area contributed by atoms with Crippen LogP contribution in [-0.4, -0.2) is 59.8 Å². The Kier molecular flexibility index (Phi) is 3.41. The molecular weight excluding hydrogens is 298 g/mol. The third kappa shape index (κ3) is 1.99. The molecule has 1 aliphatic rings. The number of aromatic amines is 1. The molecule has 0 aliphatic carbocycles. The van der Waals surface area contributed by atoms with E-state index in [-0.39, 0.29) is 16.9 Å². The van der Waals surface area contributed by atoms with Crippen LogP contribution in [0.1, 0.15) is 6.23 Å². The van der Waals surface area contributed by atoms with E-state index in [9.17, 15) is 19.8 Å². The standard InChI is InChI=1S/C11H13N5O6/c12-7-4-8(14-2-13-7)16(11(21)15-9(4)20)10-6(19)5(18)3(1-17)22-10/h2-3,5-6,10,17-19H,1H2,(H2,12,13,14)(H,15,20,21)/t3-,5-,6-,10-/m1/s1. The van der Waals surface area contributed by atoms with Gasteiger partial charge in [0.15, 0.2) is 11.9 Å². The molecule has 1 fully saturated rings. The summed E-state index contributed by atoms with van der Waals surface area (Å²) in [5.41, 5.74) is 3.79. The molecule has 0 amide bonds. The summed E-state index contributed by atoms with van der Waals surface area (Å²) in [7, 11) is 0. The van der Waals surface area contributed by atoms with E-state index in [1.165, 1.54) is 0 Å². The lowest BCUT2D eigenvalue weighted by molar-refractivity contribution is -0.0530. The largest absolute Gasteiger partial charge is 0.394 e. The molecule has 0 bridgehead atoms. The molecule has 0 unspecified atom stereocenters. The van der Waals surface area contributed by atoms with Gasteiger partial charge < -0.3 is 25.8 Å². The van der Waals surface area contributed by atoms with Crippen molar-refractivity contribution in [2.45, 2.75) is 24.5 Å². The second-order valence-electron chi connectivity index (χ2n) is 4.82. The molecule has 2 aromatic heterocycles. The molecule has 1 aliphatic heterocycles. The number of nitrogens with one attached hydrogen (secondary N) is 1. The van der Waals surface area contributed by atoms with Crippen LogP contribution in [0, 0.1) is 0 Å². The first kappa shape index (κ1) is 14.6. The first-order valence-electron chi connectivity index (χ1n) is 6.33. The lowest BCUT2D eigenvalue weighted by Gasteiger charge is -2.18. The highest BCUT2D eigenvalue weighted by Crippen LogP contribution is 2.29. The number of ether oxygens (including phenoxy) is 1. The van der Waals surface area contributed by atoms with Crippen LogP contribution in [0.5, 0.6) is 0 Å². The van der Waals surface area contributed by atoms with E-state index in [1.54, 1.807) is 0 Å². The normalized spacial score (nSPS) is 28.3. The highest BCUT2D eigenvalue weighted by molar-refractivity contribution is 5.84. The van der Waals surface area contributed by atoms with Gasteiger partial charge in [-0.15, -0.1) is 0 Å². The van der Waals surface area contributed by atoms with E-state index in [1.807, 2.05) is 4.98 Å². The average molecular weight is 311 g/mol. The number of nitrogens with zero attached hydrogens (tertiary/aromatic N) is 3. The second kappa shape index (κ2) is 5.14. The number of aliphatic hydroxyl groups excluding tert-OH is 3. The highest BCUT2D eigenvalue weighted by atomic mass is 16.6. The minimum Gasteiger partial charge on any atom is -0.394 e. The van der Waals surface area contributed by atoms with Crippen molar-refractivity contribution in [2.75, 3.05) is 12.3 Å². The number of nitrogen functional groups attached to an aromatic ring is 1. The summed E-state index contributed by atoms with van der Waals surface area (Å²) in [6, 6.07) is 0. The molecular formula is C11H13N5O6. The molecule has 0 spiro atoms. The van der Waals surface area contributed by atoms with E-state index in [0.29, 0.717) is 0 Å². The molecule has 22 heavy (non-hydrogen) atoms. The number of fused-ring (bicyclic) bond motifs is 1. The zero-order valence-corrected chi connectivity index (χ0v) is 11.1. The van der Waals surface area contributed by atoms with Crippen LogP contribution in [0.2, 0.25) is 0 Å². The SMILES string of the molecule is Nc1ncnc2c1c(=O)[nH]c(=O)n2[C@@H]1O[C@H](CO)[C@@H](O)[C@H]1O. The van der Waals surface area contributed by atoms with Crippen molar-refractivity contribution in [1.29, 1.82) is 0 Å². The molecule has 3 rings (SSSR count). The average Bonchev–Trinajstić information content (AvgIpc) is 2.75. The van der Waals surface area contributed by atoms with E-state index in [2.05, 4.69) is 9.97 Å². The third-order valence-electron chi connectivity index (χ3n) is 3.52. The third-order valence-corrected chi connectivity index (χ3v) is 3.52. The summed E-state index contributed by atoms with van der Waals surface area (Å²) < 4.78 is 6.14. The maximum Gasteiger partial charge on any atom is 0.332 e. The van der Waals surface area contributed by atoms with Gasteiger partial charge in [-0.05, 0) is 0 Å². The van der Waals surface area contributed by atoms with Gasteiger partial charge in [0, 0.05) is 0 Å². The highest BCUT2D eigenvalue weighted by Gasteiger charge is 2.44. The Bertz CT molecular complexity index is 832. The van der Waals surface area contributed by atoms with Crippen molar-refractivity contribution in [3.63, 3.8) is 0 Å². The molecule has 2 aromatic rings. The molecule has 6 N–H and O–H groups in total. The fourth-order valence-corrected chi connectivity index (χ4v) is 2.44. The summed E-state index contributed by atoms with van der Waals surface area (Å²) in [4.78, 5) is 33.4. The van der Waals surface area contributed by atoms with E-state index in [0.717, 1.165) is 10.9 Å². The van der Waals surface area contributed by atoms with Gasteiger partial charge in [0.1, 0.15) is 35.8 Å². The minimum atomic E-state index is -1.50. The quantitative estimate of drug-likeness (QED) is 0.379. The molecule has 11 nitrogen and oxygen atoms in total. The molecule has 1 saturated heterocycles. The molecule has 0 radical (unpaired) electrons. The van der Waals surface area contributed by atoms with Gasteiger partial charge in [0.2, 0.25) is 0 Å². The molecule has 3 heterocycles. The smallest absolute Gasteiger partial charge is 0.332 e. The summed E-state index contributed by atoms with van der Waals surface area (Å²) in [5, 5.41) is 28.8. The summed E-state index contributed by atoms with van der Waals surface area (Å²) in [5.74, 6) is -0.147. The van der Waals surface area contributed by atoms with Gasteiger partial charge in [0.25, 0.3) is 5.56 Å². The van der Waals surface area contributed by atoms with Crippen LogP contribution >= 0.6 is 0 Å². The van der Waals surface area contributed by atoms with Crippen molar-refractivity contribution in [2.24, 2.45) is 0 Å². The maximum absolute atomic E-state index is 12.1. The van der Waals surface area contributed by atoms with Crippen molar-refractivity contribution in [3.8, 4) is 0 Å². The topological polar surface area (TPSA) is 177 Å². The predicted molar refractivity (Wildman–Crippen MR) is 71.8 cm³/mol. The molecule has 11 heteroatoms. The van der Waals surface area contributed by atoms with Crippen molar-refractivity contribution in [1.82, 2.24) is 19.5 Å². The Labute approximate surface area is 121 Å². The fourth-order valence-electron chi connectivity index (χ4n) is 2.44. The van der Waals surface area contributed by atoms with Gasteiger partial charge in [-0.3, -0.25) is 9.78 Å². The van der Waals surface area contributed by atoms with Crippen LogP contribution < -0.4 is 17.0 Å². The number of anilines is 1. The van der Waals surface area contributed by atoms with E-state index < -0.39 is 42.4 Å². The fraction of sp³-hybridized carbons (Fsp3) is 0.455. The minimum absolute atomic E-state index is 0.139. The van der Waals surface area contributed by atoms with Crippen molar-refractivity contribution >= 4 is 16.9 Å². The summed E-state index contributed by atoms with van der Waals surface area (Å²) in [6.07, 6.45) is -4.27. The number of hydrogen-bond acceptors (Lipinski definition) is 9. The number of nitrogens with two attached hydrogens (primary N) is 1. The van der Waals surface area contributed by atoms with Crippen LogP contribution in [-0.2, 0) is 4.74 Å². The number of aliphatic hydroxyl groups is 3. The maximum atomic E-state index is 12.1. The molecule has 0 aromatic carbocycles. The molecule has 0 saturated carbocycles. The summed E-state index contributed by atoms with van der Waals surface area (Å²) >= 11 is 0. The molecule has 4 atom stereocenters. The van der Waals surface area contributed by atoms with E-state index >= 15 is 0 Å². The van der Waals surface area contributed by atoms with Crippen molar-refractivity contribution in [3.05, 3.63) is 27.2 Å². The number of aromatic nitrogens is 4. The van der Waals surface area contributed by atoms with Gasteiger partial charge >= 0.3 is 5.69 Å². The second-order valence-corrected chi connectivity index (χ2v) is 4.82. The molecule has 118 valence electrons. The zero-order chi connectivity index (χ0) is 16.0. The van der Waals surface area contributed by atoms with Crippen molar-refractivity contribution < 1.29 is 20.1 Å². The summed E-state index contributed by atoms with van der Waals surface area (Å²) in [6.45, 7) is -0.554. The lowest BCUT2D eigenvalue weighted by Crippen LogP contribution is -2.39. The van der Waals surface area contributed by atoms with E-state index in [4.69, 9.17) is 15.6 Å². The van der Waals surface area contributed by atoms with Crippen LogP contribution in [0.25, 0.3) is 11.0 Å². The first-order chi connectivity index (χ1) is 10.5. The predicted octanol–water partition coefficient (Wildman–Crippen LogP) is -3.33. The monoisotopic (exact) mass is 311 g/mol. The van der Waals surface area contributed by atoms with Gasteiger partial charge in [-0.1, -0.05) is 0 Å². The Morgan fingerprint density at radius 3 is 2.68 bits per heavy atom. The zero-order valence-electron chi connectivity index (χ0n) is 11.1. The first-order valence-corrected chi connectivity index (χ1v) is 6.33. The lowest BCUT2D eigenvalue weighted by atomic mass is 10.1. The number of hydrogen-bond donors (Lipinski definition) is 5.